The number of ether oxygens (including phenoxy) is 2. The van der Waals surface area contributed by atoms with Crippen molar-refractivity contribution in [1.82, 2.24) is 4.98 Å². The molecular formula is C19H14ClF2NO3S. The second kappa shape index (κ2) is 8.54. The highest BCUT2D eigenvalue weighted by Crippen LogP contribution is 2.26. The largest absolute Gasteiger partial charge is 0.457 e. The Morgan fingerprint density at radius 3 is 2.74 bits per heavy atom. The van der Waals surface area contributed by atoms with Crippen LogP contribution in [0.4, 0.5) is 8.78 Å². The molecule has 3 rings (SSSR count). The van der Waals surface area contributed by atoms with Gasteiger partial charge in [-0.15, -0.1) is 11.8 Å². The van der Waals surface area contributed by atoms with Crippen LogP contribution in [0.25, 0.3) is 10.9 Å². The number of rotatable bonds is 6. The summed E-state index contributed by atoms with van der Waals surface area (Å²) in [6, 6.07) is 13.2. The van der Waals surface area contributed by atoms with Gasteiger partial charge in [0.05, 0.1) is 5.52 Å². The molecule has 2 aromatic carbocycles. The average Bonchev–Trinajstić information content (AvgIpc) is 2.65. The summed E-state index contributed by atoms with van der Waals surface area (Å²) < 4.78 is 34.5. The summed E-state index contributed by atoms with van der Waals surface area (Å²) in [4.78, 5) is 17.7. The molecule has 0 aliphatic rings. The number of carbonyl (C=O) groups excluding carboxylic acids is 1. The molecule has 140 valence electrons. The highest BCUT2D eigenvalue weighted by atomic mass is 35.5. The van der Waals surface area contributed by atoms with E-state index in [0.717, 1.165) is 15.8 Å². The molecule has 3 aromatic rings. The van der Waals surface area contributed by atoms with Gasteiger partial charge in [-0.05, 0) is 36.6 Å². The molecule has 0 amide bonds. The van der Waals surface area contributed by atoms with Crippen LogP contribution >= 0.6 is 23.4 Å². The van der Waals surface area contributed by atoms with Gasteiger partial charge in [0.1, 0.15) is 23.1 Å². The van der Waals surface area contributed by atoms with Gasteiger partial charge < -0.3 is 9.47 Å². The molecule has 0 atom stereocenters. The Morgan fingerprint density at radius 1 is 1.22 bits per heavy atom. The number of carbonyl (C=O) groups is 1. The zero-order chi connectivity index (χ0) is 19.4. The Balaban J connectivity index is 1.78. The third-order valence-electron chi connectivity index (χ3n) is 3.73. The Labute approximate surface area is 163 Å². The third-order valence-corrected chi connectivity index (χ3v) is 4.79. The summed E-state index contributed by atoms with van der Waals surface area (Å²) in [6.45, 7) is -3.18. The maximum Gasteiger partial charge on any atom is 0.387 e. The maximum atomic E-state index is 12.5. The number of nitrogens with zero attached hydrogens (tertiary/aromatic N) is 1. The lowest BCUT2D eigenvalue weighted by molar-refractivity contribution is -0.0504. The lowest BCUT2D eigenvalue weighted by atomic mass is 10.1. The summed E-state index contributed by atoms with van der Waals surface area (Å²) in [5.74, 6) is -1.04. The van der Waals surface area contributed by atoms with Crippen molar-refractivity contribution < 1.29 is 23.0 Å². The number of thioether (sulfide) groups is 1. The zero-order valence-electron chi connectivity index (χ0n) is 14.1. The number of esters is 1. The van der Waals surface area contributed by atoms with E-state index in [0.29, 0.717) is 5.56 Å². The van der Waals surface area contributed by atoms with E-state index in [1.807, 2.05) is 24.5 Å². The topological polar surface area (TPSA) is 48.4 Å². The number of aromatic nitrogens is 1. The average molecular weight is 410 g/mol. The third kappa shape index (κ3) is 4.67. The zero-order valence-corrected chi connectivity index (χ0v) is 15.7. The van der Waals surface area contributed by atoms with Crippen molar-refractivity contribution in [3.63, 3.8) is 0 Å². The maximum absolute atomic E-state index is 12.5. The summed E-state index contributed by atoms with van der Waals surface area (Å²) in [5, 5.41) is 1.07. The highest BCUT2D eigenvalue weighted by molar-refractivity contribution is 7.98. The SMILES string of the molecule is CSc1ccc2cc(COC(=O)c3ccccc3OC(F)F)c(Cl)nc2c1. The number of pyridine rings is 1. The van der Waals surface area contributed by atoms with Gasteiger partial charge in [-0.25, -0.2) is 9.78 Å². The Hall–Kier alpha value is -2.38. The molecular weight excluding hydrogens is 396 g/mol. The van der Waals surface area contributed by atoms with E-state index in [1.54, 1.807) is 17.8 Å². The van der Waals surface area contributed by atoms with Crippen LogP contribution in [0.2, 0.25) is 5.15 Å². The molecule has 27 heavy (non-hydrogen) atoms. The van der Waals surface area contributed by atoms with Crippen LogP contribution < -0.4 is 4.74 Å². The molecule has 0 saturated carbocycles. The minimum atomic E-state index is -3.04. The number of fused-ring (bicyclic) bond motifs is 1. The molecule has 0 aliphatic carbocycles. The molecule has 0 spiro atoms. The predicted molar refractivity (Wildman–Crippen MR) is 101 cm³/mol. The number of alkyl halides is 2. The van der Waals surface area contributed by atoms with Crippen LogP contribution in [0.5, 0.6) is 5.75 Å². The first-order valence-electron chi connectivity index (χ1n) is 7.82. The lowest BCUT2D eigenvalue weighted by Crippen LogP contribution is -2.10. The molecule has 0 unspecified atom stereocenters. The Bertz CT molecular complexity index is 984. The number of halogens is 3. The van der Waals surface area contributed by atoms with Gasteiger partial charge in [-0.3, -0.25) is 0 Å². The van der Waals surface area contributed by atoms with Crippen LogP contribution in [0.15, 0.2) is 53.4 Å². The highest BCUT2D eigenvalue weighted by Gasteiger charge is 2.17. The predicted octanol–water partition coefficient (Wildman–Crippen LogP) is 5.57. The van der Waals surface area contributed by atoms with Crippen molar-refractivity contribution in [3.05, 3.63) is 64.8 Å². The first-order valence-corrected chi connectivity index (χ1v) is 9.42. The van der Waals surface area contributed by atoms with E-state index >= 15 is 0 Å². The van der Waals surface area contributed by atoms with Gasteiger partial charge >= 0.3 is 12.6 Å². The van der Waals surface area contributed by atoms with Crippen molar-refractivity contribution in [2.24, 2.45) is 0 Å². The fourth-order valence-electron chi connectivity index (χ4n) is 2.45. The molecule has 0 saturated heterocycles. The van der Waals surface area contributed by atoms with Crippen LogP contribution in [-0.4, -0.2) is 23.8 Å². The molecule has 0 aliphatic heterocycles. The van der Waals surface area contributed by atoms with Gasteiger partial charge in [-0.2, -0.15) is 8.78 Å². The molecule has 4 nitrogen and oxygen atoms in total. The fourth-order valence-corrected chi connectivity index (χ4v) is 3.08. The van der Waals surface area contributed by atoms with Crippen LogP contribution in [0.3, 0.4) is 0 Å². The van der Waals surface area contributed by atoms with E-state index in [-0.39, 0.29) is 23.1 Å². The monoisotopic (exact) mass is 409 g/mol. The van der Waals surface area contributed by atoms with Crippen molar-refractivity contribution in [1.29, 1.82) is 0 Å². The molecule has 0 fully saturated rings. The Kier molecular flexibility index (Phi) is 6.13. The van der Waals surface area contributed by atoms with Crippen LogP contribution in [0, 0.1) is 0 Å². The smallest absolute Gasteiger partial charge is 0.387 e. The number of hydrogen-bond donors (Lipinski definition) is 0. The quantitative estimate of drug-likeness (QED) is 0.302. The van der Waals surface area contributed by atoms with E-state index < -0.39 is 12.6 Å². The minimum absolute atomic E-state index is 0.0905. The van der Waals surface area contributed by atoms with Gasteiger partial charge in [0.2, 0.25) is 0 Å². The first kappa shape index (κ1) is 19.4. The summed E-state index contributed by atoms with van der Waals surface area (Å²) in [7, 11) is 0. The summed E-state index contributed by atoms with van der Waals surface area (Å²) >= 11 is 7.79. The molecule has 0 N–H and O–H groups in total. The standard InChI is InChI=1S/C19H14ClF2NO3S/c1-27-13-7-6-11-8-12(17(20)23-15(11)9-13)10-25-18(24)14-4-2-3-5-16(14)26-19(21)22/h2-9,19H,10H2,1H3. The van der Waals surface area contributed by atoms with Crippen molar-refractivity contribution in [2.75, 3.05) is 6.26 Å². The molecule has 1 heterocycles. The summed E-state index contributed by atoms with van der Waals surface area (Å²) in [6.07, 6.45) is 1.96. The van der Waals surface area contributed by atoms with E-state index in [9.17, 15) is 13.6 Å². The number of para-hydroxylation sites is 1. The number of benzene rings is 2. The first-order chi connectivity index (χ1) is 13.0. The molecule has 0 bridgehead atoms. The summed E-state index contributed by atoms with van der Waals surface area (Å²) in [5.41, 5.74) is 1.16. The van der Waals surface area contributed by atoms with E-state index in [4.69, 9.17) is 16.3 Å². The van der Waals surface area contributed by atoms with Gasteiger partial charge in [0.25, 0.3) is 0 Å². The fraction of sp³-hybridized carbons (Fsp3) is 0.158. The number of hydrogen-bond acceptors (Lipinski definition) is 5. The van der Waals surface area contributed by atoms with E-state index in [1.165, 1.54) is 24.3 Å². The van der Waals surface area contributed by atoms with Crippen LogP contribution in [-0.2, 0) is 11.3 Å². The molecule has 0 radical (unpaired) electrons. The van der Waals surface area contributed by atoms with Gasteiger partial charge in [0.15, 0.2) is 0 Å². The van der Waals surface area contributed by atoms with Gasteiger partial charge in [-0.1, -0.05) is 29.8 Å². The lowest BCUT2D eigenvalue weighted by Gasteiger charge is -2.11. The molecule has 8 heteroatoms. The second-order valence-corrected chi connectivity index (χ2v) is 6.69. The van der Waals surface area contributed by atoms with E-state index in [2.05, 4.69) is 9.72 Å². The van der Waals surface area contributed by atoms with Crippen LogP contribution in [0.1, 0.15) is 15.9 Å². The second-order valence-electron chi connectivity index (χ2n) is 5.45. The van der Waals surface area contributed by atoms with Crippen molar-refractivity contribution in [3.8, 4) is 5.75 Å². The normalized spacial score (nSPS) is 11.0. The van der Waals surface area contributed by atoms with Crippen molar-refractivity contribution in [2.45, 2.75) is 18.1 Å². The Morgan fingerprint density at radius 2 is 2.00 bits per heavy atom. The minimum Gasteiger partial charge on any atom is -0.457 e. The van der Waals surface area contributed by atoms with Crippen molar-refractivity contribution >= 4 is 40.2 Å². The molecule has 1 aromatic heterocycles. The van der Waals surface area contributed by atoms with Gasteiger partial charge in [0, 0.05) is 15.8 Å².